The monoisotopic (exact) mass is 413 g/mol. The van der Waals surface area contributed by atoms with E-state index >= 15 is 0 Å². The number of thiazole rings is 1. The second kappa shape index (κ2) is 9.35. The Hall–Kier alpha value is -2.48. The topological polar surface area (TPSA) is 87.2 Å². The van der Waals surface area contributed by atoms with Crippen molar-refractivity contribution >= 4 is 28.4 Å². The number of likely N-dealkylation sites (tertiary alicyclic amines) is 1. The van der Waals surface area contributed by atoms with Crippen LogP contribution in [0.5, 0.6) is 0 Å². The zero-order valence-corrected chi connectivity index (χ0v) is 17.3. The van der Waals surface area contributed by atoms with Gasteiger partial charge in [-0.25, -0.2) is 9.78 Å². The lowest BCUT2D eigenvalue weighted by atomic mass is 9.89. The van der Waals surface area contributed by atoms with Gasteiger partial charge in [0.1, 0.15) is 0 Å². The molecule has 2 aromatic heterocycles. The number of anilines is 1. The molecular formula is C21H27N5O2S. The number of nitrogens with one attached hydrogen (secondary N) is 2. The van der Waals surface area contributed by atoms with E-state index in [1.165, 1.54) is 37.0 Å². The summed E-state index contributed by atoms with van der Waals surface area (Å²) in [7, 11) is 0. The first-order valence-electron chi connectivity index (χ1n) is 10.4. The molecule has 0 bridgehead atoms. The summed E-state index contributed by atoms with van der Waals surface area (Å²) in [5.74, 6) is 0.621. The number of carbonyl (C=O) groups is 2. The van der Waals surface area contributed by atoms with Crippen molar-refractivity contribution in [3.05, 3.63) is 41.2 Å². The molecule has 4 rings (SSSR count). The predicted molar refractivity (Wildman–Crippen MR) is 113 cm³/mol. The summed E-state index contributed by atoms with van der Waals surface area (Å²) >= 11 is 1.59. The first kappa shape index (κ1) is 19.8. The molecule has 1 aliphatic carbocycles. The molecule has 2 fully saturated rings. The highest BCUT2D eigenvalue weighted by Crippen LogP contribution is 2.36. The van der Waals surface area contributed by atoms with Crippen LogP contribution in [0.4, 0.5) is 9.93 Å². The number of hydrogen-bond donors (Lipinski definition) is 2. The van der Waals surface area contributed by atoms with Crippen LogP contribution >= 0.6 is 11.3 Å². The normalized spacial score (nSPS) is 18.4. The van der Waals surface area contributed by atoms with Gasteiger partial charge < -0.3 is 10.2 Å². The molecule has 2 N–H and O–H groups in total. The van der Waals surface area contributed by atoms with Crippen LogP contribution < -0.4 is 10.6 Å². The Kier molecular flexibility index (Phi) is 6.39. The Morgan fingerprint density at radius 1 is 1.03 bits per heavy atom. The maximum atomic E-state index is 12.5. The second-order valence-electron chi connectivity index (χ2n) is 7.80. The van der Waals surface area contributed by atoms with E-state index in [0.29, 0.717) is 29.7 Å². The number of hydrogen-bond acceptors (Lipinski definition) is 5. The molecule has 0 atom stereocenters. The summed E-state index contributed by atoms with van der Waals surface area (Å²) < 4.78 is 0. The third-order valence-electron chi connectivity index (χ3n) is 5.80. The molecule has 0 spiro atoms. The summed E-state index contributed by atoms with van der Waals surface area (Å²) in [6.45, 7) is 1.27. The van der Waals surface area contributed by atoms with Gasteiger partial charge in [0.25, 0.3) is 5.91 Å². The summed E-state index contributed by atoms with van der Waals surface area (Å²) in [6, 6.07) is 3.31. The van der Waals surface area contributed by atoms with E-state index in [-0.39, 0.29) is 18.0 Å². The highest BCUT2D eigenvalue weighted by molar-refractivity contribution is 7.15. The summed E-state index contributed by atoms with van der Waals surface area (Å²) in [6.07, 6.45) is 13.0. The van der Waals surface area contributed by atoms with Crippen molar-refractivity contribution in [1.29, 1.82) is 0 Å². The average Bonchev–Trinajstić information content (AvgIpc) is 3.23. The molecule has 3 heterocycles. The van der Waals surface area contributed by atoms with E-state index in [2.05, 4.69) is 20.6 Å². The molecule has 1 saturated carbocycles. The zero-order valence-electron chi connectivity index (χ0n) is 16.5. The van der Waals surface area contributed by atoms with Gasteiger partial charge in [-0.1, -0.05) is 19.3 Å². The Morgan fingerprint density at radius 2 is 1.76 bits per heavy atom. The summed E-state index contributed by atoms with van der Waals surface area (Å²) in [5.41, 5.74) is 0.654. The Labute approximate surface area is 174 Å². The average molecular weight is 414 g/mol. The second-order valence-corrected chi connectivity index (χ2v) is 8.87. The minimum Gasteiger partial charge on any atom is -0.338 e. The van der Waals surface area contributed by atoms with Gasteiger partial charge >= 0.3 is 6.03 Å². The van der Waals surface area contributed by atoms with Crippen molar-refractivity contribution in [3.63, 3.8) is 0 Å². The number of piperidine rings is 1. The van der Waals surface area contributed by atoms with Crippen LogP contribution in [-0.2, 0) is 0 Å². The highest BCUT2D eigenvalue weighted by atomic mass is 32.1. The van der Waals surface area contributed by atoms with Crippen molar-refractivity contribution < 1.29 is 9.59 Å². The number of aromatic nitrogens is 2. The molecule has 0 aromatic carbocycles. The number of nitrogens with zero attached hydrogens (tertiary/aromatic N) is 3. The summed E-state index contributed by atoms with van der Waals surface area (Å²) in [4.78, 5) is 36.3. The van der Waals surface area contributed by atoms with E-state index in [9.17, 15) is 9.59 Å². The molecular weight excluding hydrogens is 386 g/mol. The lowest BCUT2D eigenvalue weighted by Gasteiger charge is -2.32. The van der Waals surface area contributed by atoms with Gasteiger partial charge in [-0.05, 0) is 43.7 Å². The lowest BCUT2D eigenvalue weighted by Crippen LogP contribution is -2.47. The van der Waals surface area contributed by atoms with E-state index in [0.717, 1.165) is 12.8 Å². The van der Waals surface area contributed by atoms with E-state index in [1.54, 1.807) is 35.9 Å². The van der Waals surface area contributed by atoms with Gasteiger partial charge in [0, 0.05) is 48.2 Å². The van der Waals surface area contributed by atoms with Crippen molar-refractivity contribution in [3.8, 4) is 0 Å². The minimum absolute atomic E-state index is 0.0216. The zero-order chi connectivity index (χ0) is 20.1. The van der Waals surface area contributed by atoms with Crippen LogP contribution in [0.1, 0.15) is 66.1 Å². The van der Waals surface area contributed by atoms with Crippen LogP contribution in [-0.4, -0.2) is 45.9 Å². The quantitative estimate of drug-likeness (QED) is 0.793. The maximum Gasteiger partial charge on any atom is 0.321 e. The van der Waals surface area contributed by atoms with Gasteiger partial charge in [0.05, 0.1) is 0 Å². The molecule has 3 amide bonds. The van der Waals surface area contributed by atoms with E-state index in [1.807, 2.05) is 11.1 Å². The fourth-order valence-corrected chi connectivity index (χ4v) is 5.12. The van der Waals surface area contributed by atoms with Crippen molar-refractivity contribution in [2.45, 2.75) is 56.9 Å². The van der Waals surface area contributed by atoms with Crippen LogP contribution in [0.25, 0.3) is 0 Å². The predicted octanol–water partition coefficient (Wildman–Crippen LogP) is 4.01. The van der Waals surface area contributed by atoms with Gasteiger partial charge in [0.2, 0.25) is 0 Å². The van der Waals surface area contributed by atoms with Gasteiger partial charge in [0.15, 0.2) is 5.13 Å². The van der Waals surface area contributed by atoms with E-state index in [4.69, 9.17) is 0 Å². The SMILES string of the molecule is O=C(Nc1ncc(C2CCCCC2)s1)NC1CCN(C(=O)c2ccncc2)CC1. The van der Waals surface area contributed by atoms with E-state index < -0.39 is 0 Å². The van der Waals surface area contributed by atoms with Crippen molar-refractivity contribution in [1.82, 2.24) is 20.2 Å². The molecule has 1 saturated heterocycles. The maximum absolute atomic E-state index is 12.5. The van der Waals surface area contributed by atoms with Gasteiger partial charge in [-0.2, -0.15) is 0 Å². The minimum atomic E-state index is -0.214. The first-order chi connectivity index (χ1) is 14.2. The Morgan fingerprint density at radius 3 is 2.48 bits per heavy atom. The largest absolute Gasteiger partial charge is 0.338 e. The highest BCUT2D eigenvalue weighted by Gasteiger charge is 2.25. The Bertz CT molecular complexity index is 827. The van der Waals surface area contributed by atoms with Gasteiger partial charge in [-0.3, -0.25) is 15.1 Å². The van der Waals surface area contributed by atoms with Gasteiger partial charge in [-0.15, -0.1) is 11.3 Å². The molecule has 29 heavy (non-hydrogen) atoms. The number of pyridine rings is 1. The molecule has 1 aliphatic heterocycles. The van der Waals surface area contributed by atoms with Crippen LogP contribution in [0.3, 0.4) is 0 Å². The molecule has 7 nitrogen and oxygen atoms in total. The molecule has 0 unspecified atom stereocenters. The lowest BCUT2D eigenvalue weighted by molar-refractivity contribution is 0.0708. The van der Waals surface area contributed by atoms with Crippen LogP contribution in [0.2, 0.25) is 0 Å². The van der Waals surface area contributed by atoms with Crippen LogP contribution in [0.15, 0.2) is 30.7 Å². The molecule has 0 radical (unpaired) electrons. The molecule has 154 valence electrons. The fourth-order valence-electron chi connectivity index (χ4n) is 4.14. The number of carbonyl (C=O) groups excluding carboxylic acids is 2. The van der Waals surface area contributed by atoms with Crippen LogP contribution in [0, 0.1) is 0 Å². The number of amides is 3. The molecule has 8 heteroatoms. The van der Waals surface area contributed by atoms with Crippen molar-refractivity contribution in [2.75, 3.05) is 18.4 Å². The third-order valence-corrected chi connectivity index (χ3v) is 6.87. The molecule has 2 aromatic rings. The number of urea groups is 1. The summed E-state index contributed by atoms with van der Waals surface area (Å²) in [5, 5.41) is 6.56. The molecule has 2 aliphatic rings. The Balaban J connectivity index is 1.23. The third kappa shape index (κ3) is 5.12. The fraction of sp³-hybridized carbons (Fsp3) is 0.524. The standard InChI is InChI=1S/C21H27N5O2S/c27-19(16-6-10-22-11-7-16)26-12-8-17(9-13-26)24-20(28)25-21-23-14-18(29-21)15-4-2-1-3-5-15/h6-7,10-11,14-15,17H,1-5,8-9,12-13H2,(H2,23,24,25,28). The number of rotatable bonds is 4. The smallest absolute Gasteiger partial charge is 0.321 e. The first-order valence-corrected chi connectivity index (χ1v) is 11.2. The van der Waals surface area contributed by atoms with Crippen molar-refractivity contribution in [2.24, 2.45) is 0 Å².